The van der Waals surface area contributed by atoms with Gasteiger partial charge in [0.05, 0.1) is 11.5 Å². The summed E-state index contributed by atoms with van der Waals surface area (Å²) in [6.07, 6.45) is 1.14. The first kappa shape index (κ1) is 16.8. The van der Waals surface area contributed by atoms with Gasteiger partial charge in [0.25, 0.3) is 0 Å². The Labute approximate surface area is 142 Å². The number of halogens is 2. The van der Waals surface area contributed by atoms with Crippen LogP contribution in [0.1, 0.15) is 33.8 Å². The van der Waals surface area contributed by atoms with Crippen molar-refractivity contribution in [1.29, 1.82) is 0 Å². The predicted molar refractivity (Wildman–Crippen MR) is 88.7 cm³/mol. The van der Waals surface area contributed by atoms with Crippen molar-refractivity contribution in [3.05, 3.63) is 70.9 Å². The second-order valence-corrected chi connectivity index (χ2v) is 5.88. The Bertz CT molecular complexity index is 978. The van der Waals surface area contributed by atoms with Gasteiger partial charge in [0.2, 0.25) is 0 Å². The quantitative estimate of drug-likeness (QED) is 0.682. The molecule has 1 heterocycles. The lowest BCUT2D eigenvalue weighted by atomic mass is 9.90. The molecule has 0 saturated carbocycles. The van der Waals surface area contributed by atoms with E-state index in [1.807, 2.05) is 25.1 Å². The molecule has 128 valence electrons. The van der Waals surface area contributed by atoms with Crippen LogP contribution in [0.4, 0.5) is 8.78 Å². The van der Waals surface area contributed by atoms with Gasteiger partial charge in [0.1, 0.15) is 11.6 Å². The van der Waals surface area contributed by atoms with E-state index in [4.69, 9.17) is 0 Å². The molecule has 25 heavy (non-hydrogen) atoms. The molecule has 0 saturated heterocycles. The molecule has 1 atom stereocenters. The first-order valence-electron chi connectivity index (χ1n) is 7.66. The van der Waals surface area contributed by atoms with Gasteiger partial charge in [-0.2, -0.15) is 0 Å². The number of hydrogen-bond acceptors (Lipinski definition) is 2. The third kappa shape index (κ3) is 3.15. The molecule has 6 heteroatoms. The molecule has 0 spiro atoms. The number of carbonyl (C=O) groups excluding carboxylic acids is 1. The maximum Gasteiger partial charge on any atom is 0.311 e. The van der Waals surface area contributed by atoms with Crippen molar-refractivity contribution in [3.8, 4) is 0 Å². The summed E-state index contributed by atoms with van der Waals surface area (Å²) in [5, 5.41) is 10.3. The maximum absolute atomic E-state index is 13.8. The third-order valence-corrected chi connectivity index (χ3v) is 4.24. The second kappa shape index (κ2) is 6.47. The van der Waals surface area contributed by atoms with E-state index in [2.05, 4.69) is 4.98 Å². The van der Waals surface area contributed by atoms with Crippen LogP contribution in [-0.2, 0) is 4.79 Å². The number of ketones is 1. The lowest BCUT2D eigenvalue weighted by Gasteiger charge is -2.12. The van der Waals surface area contributed by atoms with Gasteiger partial charge in [-0.1, -0.05) is 12.1 Å². The van der Waals surface area contributed by atoms with Crippen LogP contribution < -0.4 is 0 Å². The highest BCUT2D eigenvalue weighted by molar-refractivity contribution is 6.01. The zero-order valence-electron chi connectivity index (χ0n) is 13.3. The van der Waals surface area contributed by atoms with E-state index in [0.29, 0.717) is 11.6 Å². The van der Waals surface area contributed by atoms with Crippen molar-refractivity contribution >= 4 is 22.7 Å². The number of fused-ring (bicyclic) bond motifs is 1. The number of hydrogen-bond donors (Lipinski definition) is 2. The first-order valence-corrected chi connectivity index (χ1v) is 7.66. The number of aliphatic carboxylic acids is 1. The summed E-state index contributed by atoms with van der Waals surface area (Å²) < 4.78 is 26.8. The average molecular weight is 343 g/mol. The zero-order valence-corrected chi connectivity index (χ0v) is 13.3. The fourth-order valence-electron chi connectivity index (χ4n) is 3.01. The second-order valence-electron chi connectivity index (χ2n) is 5.88. The van der Waals surface area contributed by atoms with E-state index < -0.39 is 35.7 Å². The number of rotatable bonds is 5. The Morgan fingerprint density at radius 2 is 1.96 bits per heavy atom. The molecule has 4 nitrogen and oxygen atoms in total. The van der Waals surface area contributed by atoms with Crippen LogP contribution in [0.15, 0.2) is 42.6 Å². The van der Waals surface area contributed by atoms with Crippen molar-refractivity contribution < 1.29 is 23.5 Å². The molecule has 2 N–H and O–H groups in total. The number of benzene rings is 2. The Balaban J connectivity index is 1.99. The number of nitrogens with one attached hydrogen (secondary N) is 1. The summed E-state index contributed by atoms with van der Waals surface area (Å²) in [6.45, 7) is 1.85. The van der Waals surface area contributed by atoms with Crippen LogP contribution in [0.2, 0.25) is 0 Å². The van der Waals surface area contributed by atoms with Gasteiger partial charge in [-0.3, -0.25) is 9.59 Å². The number of aromatic nitrogens is 1. The summed E-state index contributed by atoms with van der Waals surface area (Å²) in [5.74, 6) is -4.79. The van der Waals surface area contributed by atoms with Gasteiger partial charge in [0, 0.05) is 29.6 Å². The minimum absolute atomic E-state index is 0.316. The fourth-order valence-corrected chi connectivity index (χ4v) is 3.01. The molecular formula is C19H15F2NO3. The van der Waals surface area contributed by atoms with Crippen molar-refractivity contribution in [2.24, 2.45) is 0 Å². The monoisotopic (exact) mass is 343 g/mol. The van der Waals surface area contributed by atoms with E-state index in [0.717, 1.165) is 28.6 Å². The van der Waals surface area contributed by atoms with Crippen LogP contribution >= 0.6 is 0 Å². The first-order chi connectivity index (χ1) is 11.9. The van der Waals surface area contributed by atoms with Gasteiger partial charge in [0.15, 0.2) is 5.78 Å². The topological polar surface area (TPSA) is 70.2 Å². The van der Waals surface area contributed by atoms with Gasteiger partial charge in [-0.25, -0.2) is 8.78 Å². The van der Waals surface area contributed by atoms with Crippen LogP contribution in [0.3, 0.4) is 0 Å². The molecule has 0 amide bonds. The number of aryl methyl sites for hydroxylation is 1. The third-order valence-electron chi connectivity index (χ3n) is 4.24. The number of aromatic amines is 1. The molecule has 3 aromatic rings. The molecule has 1 aromatic heterocycles. The Hall–Kier alpha value is -3.02. The Morgan fingerprint density at radius 3 is 2.64 bits per heavy atom. The largest absolute Gasteiger partial charge is 0.481 e. The smallest absolute Gasteiger partial charge is 0.311 e. The molecule has 0 aliphatic rings. The standard InChI is InChI=1S/C19H15F2NO3/c1-10-3-2-4-16-18(10)14(9-22-16)13(19(24)25)8-17(23)12-6-5-11(20)7-15(12)21/h2-7,9,13,22H,8H2,1H3,(H,24,25). The molecule has 3 rings (SSSR count). The average Bonchev–Trinajstić information content (AvgIpc) is 2.97. The highest BCUT2D eigenvalue weighted by atomic mass is 19.1. The predicted octanol–water partition coefficient (Wildman–Crippen LogP) is 4.20. The summed E-state index contributed by atoms with van der Waals surface area (Å²) in [5.41, 5.74) is 1.79. The number of carboxylic acid groups (broad SMARTS) is 1. The molecule has 0 radical (unpaired) electrons. The van der Waals surface area contributed by atoms with Crippen LogP contribution in [0.5, 0.6) is 0 Å². The summed E-state index contributed by atoms with van der Waals surface area (Å²) in [4.78, 5) is 27.1. The van der Waals surface area contributed by atoms with Gasteiger partial charge < -0.3 is 10.1 Å². The van der Waals surface area contributed by atoms with E-state index in [1.165, 1.54) is 0 Å². The molecule has 0 bridgehead atoms. The normalized spacial score (nSPS) is 12.3. The Kier molecular flexibility index (Phi) is 4.35. The number of H-pyrrole nitrogens is 1. The zero-order chi connectivity index (χ0) is 18.1. The molecule has 1 unspecified atom stereocenters. The van der Waals surface area contributed by atoms with E-state index >= 15 is 0 Å². The summed E-state index contributed by atoms with van der Waals surface area (Å²) >= 11 is 0. The minimum atomic E-state index is -1.18. The molecule has 0 aliphatic carbocycles. The van der Waals surface area contributed by atoms with Crippen LogP contribution in [-0.4, -0.2) is 21.8 Å². The highest BCUT2D eigenvalue weighted by Crippen LogP contribution is 2.31. The van der Waals surface area contributed by atoms with E-state index in [9.17, 15) is 23.5 Å². The van der Waals surface area contributed by atoms with E-state index in [1.54, 1.807) is 6.20 Å². The highest BCUT2D eigenvalue weighted by Gasteiger charge is 2.28. The summed E-state index contributed by atoms with van der Waals surface area (Å²) in [7, 11) is 0. The minimum Gasteiger partial charge on any atom is -0.481 e. The fraction of sp³-hybridized carbons (Fsp3) is 0.158. The van der Waals surface area contributed by atoms with Crippen LogP contribution in [0, 0.1) is 18.6 Å². The van der Waals surface area contributed by atoms with Gasteiger partial charge in [-0.15, -0.1) is 0 Å². The molecule has 0 aliphatic heterocycles. The van der Waals surface area contributed by atoms with Crippen molar-refractivity contribution in [3.63, 3.8) is 0 Å². The Morgan fingerprint density at radius 1 is 1.20 bits per heavy atom. The van der Waals surface area contributed by atoms with Gasteiger partial charge >= 0.3 is 5.97 Å². The molecule has 0 fully saturated rings. The summed E-state index contributed by atoms with van der Waals surface area (Å²) in [6, 6.07) is 8.12. The van der Waals surface area contributed by atoms with E-state index in [-0.39, 0.29) is 5.56 Å². The van der Waals surface area contributed by atoms with Crippen LogP contribution in [0.25, 0.3) is 10.9 Å². The van der Waals surface area contributed by atoms with Crippen molar-refractivity contribution in [1.82, 2.24) is 4.98 Å². The maximum atomic E-state index is 13.8. The number of carbonyl (C=O) groups is 2. The molecule has 2 aromatic carbocycles. The lowest BCUT2D eigenvalue weighted by Crippen LogP contribution is -2.17. The van der Waals surface area contributed by atoms with Gasteiger partial charge in [-0.05, 0) is 36.2 Å². The number of Topliss-reactive ketones (excluding diaryl/α,β-unsaturated/α-hetero) is 1. The lowest BCUT2D eigenvalue weighted by molar-refractivity contribution is -0.138. The van der Waals surface area contributed by atoms with Crippen molar-refractivity contribution in [2.75, 3.05) is 0 Å². The number of carboxylic acids is 1. The SMILES string of the molecule is Cc1cccc2[nH]cc(C(CC(=O)c3ccc(F)cc3F)C(=O)O)c12. The van der Waals surface area contributed by atoms with Crippen molar-refractivity contribution in [2.45, 2.75) is 19.3 Å². The molecular weight excluding hydrogens is 328 g/mol.